The van der Waals surface area contributed by atoms with Crippen LogP contribution in [0.4, 0.5) is 0 Å². The average molecular weight is 558 g/mol. The molecular formula is C39H27NOS. The van der Waals surface area contributed by atoms with Crippen molar-refractivity contribution in [1.29, 1.82) is 0 Å². The van der Waals surface area contributed by atoms with E-state index in [1.165, 1.54) is 42.4 Å². The van der Waals surface area contributed by atoms with Gasteiger partial charge in [0.15, 0.2) is 11.5 Å². The van der Waals surface area contributed by atoms with E-state index in [4.69, 9.17) is 9.40 Å². The molecule has 2 nitrogen and oxygen atoms in total. The third-order valence-corrected chi connectivity index (χ3v) is 9.16. The smallest absolute Gasteiger partial charge is 0.195 e. The minimum absolute atomic E-state index is 0.749. The minimum atomic E-state index is 0.749. The predicted octanol–water partition coefficient (Wildman–Crippen LogP) is 11.4. The molecular weight excluding hydrogens is 531 g/mol. The first-order chi connectivity index (χ1) is 20.7. The maximum absolute atomic E-state index is 6.30. The number of fused-ring (bicyclic) bond motifs is 4. The standard InChI is InChI=1S/C39H27NOS/c1-2-38-40-39-33(27-17-18-37-34(22-27)32-15-9-10-16-36(32)42-37)23-31(24-35(39)41-38)30-20-28(25-11-5-3-6-12-25)19-29(21-30)26-13-7-4-8-14-26/h3-24H,2H2,1H3. The van der Waals surface area contributed by atoms with Gasteiger partial charge in [0, 0.05) is 32.2 Å². The van der Waals surface area contributed by atoms with Crippen molar-refractivity contribution in [3.05, 3.63) is 139 Å². The number of benzene rings is 6. The van der Waals surface area contributed by atoms with E-state index in [2.05, 4.69) is 140 Å². The van der Waals surface area contributed by atoms with Gasteiger partial charge in [-0.2, -0.15) is 0 Å². The van der Waals surface area contributed by atoms with Gasteiger partial charge in [0.05, 0.1) is 0 Å². The molecule has 0 amide bonds. The summed E-state index contributed by atoms with van der Waals surface area (Å²) in [5, 5.41) is 2.58. The molecule has 0 aliphatic heterocycles. The first-order valence-corrected chi connectivity index (χ1v) is 15.2. The van der Waals surface area contributed by atoms with Gasteiger partial charge >= 0.3 is 0 Å². The number of aromatic nitrogens is 1. The van der Waals surface area contributed by atoms with E-state index in [-0.39, 0.29) is 0 Å². The summed E-state index contributed by atoms with van der Waals surface area (Å²) in [7, 11) is 0. The highest BCUT2D eigenvalue weighted by Gasteiger charge is 2.17. The largest absolute Gasteiger partial charge is 0.441 e. The fraction of sp³-hybridized carbons (Fsp3) is 0.0513. The molecule has 0 saturated heterocycles. The highest BCUT2D eigenvalue weighted by Crippen LogP contribution is 2.41. The molecule has 0 bridgehead atoms. The highest BCUT2D eigenvalue weighted by atomic mass is 32.1. The predicted molar refractivity (Wildman–Crippen MR) is 178 cm³/mol. The molecule has 2 heterocycles. The Hall–Kier alpha value is -4.99. The molecule has 6 aromatic carbocycles. The van der Waals surface area contributed by atoms with Gasteiger partial charge < -0.3 is 4.42 Å². The molecule has 2 aromatic heterocycles. The van der Waals surface area contributed by atoms with Crippen molar-refractivity contribution < 1.29 is 4.42 Å². The van der Waals surface area contributed by atoms with Gasteiger partial charge in [-0.1, -0.05) is 91.9 Å². The summed E-state index contributed by atoms with van der Waals surface area (Å²) < 4.78 is 8.91. The summed E-state index contributed by atoms with van der Waals surface area (Å²) in [6.45, 7) is 2.09. The number of thiophene rings is 1. The molecule has 0 fully saturated rings. The lowest BCUT2D eigenvalue weighted by Crippen LogP contribution is -1.88. The minimum Gasteiger partial charge on any atom is -0.441 e. The van der Waals surface area contributed by atoms with Crippen LogP contribution in [0.2, 0.25) is 0 Å². The Labute approximate surface area is 248 Å². The normalized spacial score (nSPS) is 11.5. The summed E-state index contributed by atoms with van der Waals surface area (Å²) in [5.74, 6) is 0.758. The third-order valence-electron chi connectivity index (χ3n) is 8.01. The zero-order valence-electron chi connectivity index (χ0n) is 23.2. The molecule has 8 aromatic rings. The summed E-state index contributed by atoms with van der Waals surface area (Å²) in [6.07, 6.45) is 0.749. The van der Waals surface area contributed by atoms with E-state index in [1.54, 1.807) is 0 Å². The fourth-order valence-corrected chi connectivity index (χ4v) is 6.98. The Morgan fingerprint density at radius 1 is 0.524 bits per heavy atom. The van der Waals surface area contributed by atoms with E-state index >= 15 is 0 Å². The topological polar surface area (TPSA) is 26.0 Å². The quantitative estimate of drug-likeness (QED) is 0.210. The van der Waals surface area contributed by atoms with Gasteiger partial charge in [-0.3, -0.25) is 0 Å². The summed E-state index contributed by atoms with van der Waals surface area (Å²) in [4.78, 5) is 4.94. The maximum Gasteiger partial charge on any atom is 0.195 e. The van der Waals surface area contributed by atoms with E-state index < -0.39 is 0 Å². The van der Waals surface area contributed by atoms with E-state index in [0.29, 0.717) is 0 Å². The van der Waals surface area contributed by atoms with Crippen molar-refractivity contribution >= 4 is 42.6 Å². The molecule has 3 heteroatoms. The van der Waals surface area contributed by atoms with Gasteiger partial charge in [0.2, 0.25) is 0 Å². The lowest BCUT2D eigenvalue weighted by atomic mass is 9.91. The van der Waals surface area contributed by atoms with Crippen LogP contribution in [0.15, 0.2) is 138 Å². The van der Waals surface area contributed by atoms with Crippen molar-refractivity contribution in [1.82, 2.24) is 4.98 Å². The molecule has 0 aliphatic rings. The lowest BCUT2D eigenvalue weighted by molar-refractivity contribution is 0.538. The molecule has 0 spiro atoms. The second-order valence-corrected chi connectivity index (χ2v) is 11.8. The first kappa shape index (κ1) is 24.8. The molecule has 0 atom stereocenters. The molecule has 0 N–H and O–H groups in total. The van der Waals surface area contributed by atoms with E-state index in [1.807, 2.05) is 11.3 Å². The Morgan fingerprint density at radius 2 is 1.12 bits per heavy atom. The molecule has 0 aliphatic carbocycles. The summed E-state index contributed by atoms with van der Waals surface area (Å²) >= 11 is 1.84. The van der Waals surface area contributed by atoms with Crippen LogP contribution in [-0.4, -0.2) is 4.98 Å². The molecule has 0 saturated carbocycles. The van der Waals surface area contributed by atoms with E-state index in [0.717, 1.165) is 45.7 Å². The van der Waals surface area contributed by atoms with Gasteiger partial charge in [0.25, 0.3) is 0 Å². The Bertz CT molecular complexity index is 2170. The van der Waals surface area contributed by atoms with Crippen molar-refractivity contribution in [2.45, 2.75) is 13.3 Å². The Morgan fingerprint density at radius 3 is 1.81 bits per heavy atom. The Balaban J connectivity index is 1.37. The number of nitrogens with zero attached hydrogens (tertiary/aromatic N) is 1. The first-order valence-electron chi connectivity index (χ1n) is 14.3. The van der Waals surface area contributed by atoms with Gasteiger partial charge in [-0.05, 0) is 87.5 Å². The van der Waals surface area contributed by atoms with Gasteiger partial charge in [-0.25, -0.2) is 4.98 Å². The van der Waals surface area contributed by atoms with Crippen LogP contribution in [0.1, 0.15) is 12.8 Å². The van der Waals surface area contributed by atoms with Gasteiger partial charge in [-0.15, -0.1) is 11.3 Å². The van der Waals surface area contributed by atoms with Crippen LogP contribution in [0, 0.1) is 0 Å². The van der Waals surface area contributed by atoms with Crippen LogP contribution >= 0.6 is 11.3 Å². The van der Waals surface area contributed by atoms with Gasteiger partial charge in [0.1, 0.15) is 5.52 Å². The van der Waals surface area contributed by atoms with Crippen molar-refractivity contribution in [2.75, 3.05) is 0 Å². The molecule has 200 valence electrons. The zero-order chi connectivity index (χ0) is 28.0. The fourth-order valence-electron chi connectivity index (χ4n) is 5.90. The van der Waals surface area contributed by atoms with Crippen molar-refractivity contribution in [2.24, 2.45) is 0 Å². The summed E-state index contributed by atoms with van der Waals surface area (Å²) in [6, 6.07) is 48.0. The van der Waals surface area contributed by atoms with Crippen LogP contribution in [-0.2, 0) is 6.42 Å². The maximum atomic E-state index is 6.30. The molecule has 0 unspecified atom stereocenters. The monoisotopic (exact) mass is 557 g/mol. The second kappa shape index (κ2) is 10.1. The highest BCUT2D eigenvalue weighted by molar-refractivity contribution is 7.25. The Kier molecular flexibility index (Phi) is 5.98. The van der Waals surface area contributed by atoms with Crippen LogP contribution in [0.3, 0.4) is 0 Å². The molecule has 0 radical (unpaired) electrons. The lowest BCUT2D eigenvalue weighted by Gasteiger charge is -2.13. The number of hydrogen-bond acceptors (Lipinski definition) is 3. The number of hydrogen-bond donors (Lipinski definition) is 0. The summed E-state index contributed by atoms with van der Waals surface area (Å²) in [5.41, 5.74) is 11.0. The molecule has 8 rings (SSSR count). The average Bonchev–Trinajstić information content (AvgIpc) is 3.66. The molecule has 42 heavy (non-hydrogen) atoms. The van der Waals surface area contributed by atoms with Crippen LogP contribution < -0.4 is 0 Å². The van der Waals surface area contributed by atoms with Crippen molar-refractivity contribution in [3.8, 4) is 44.5 Å². The van der Waals surface area contributed by atoms with Crippen molar-refractivity contribution in [3.63, 3.8) is 0 Å². The van der Waals surface area contributed by atoms with Crippen LogP contribution in [0.25, 0.3) is 75.8 Å². The number of oxazole rings is 1. The van der Waals surface area contributed by atoms with Crippen LogP contribution in [0.5, 0.6) is 0 Å². The zero-order valence-corrected chi connectivity index (χ0v) is 24.0. The number of aryl methyl sites for hydroxylation is 1. The van der Waals surface area contributed by atoms with E-state index in [9.17, 15) is 0 Å². The second-order valence-electron chi connectivity index (χ2n) is 10.7. The number of rotatable bonds is 5. The SMILES string of the molecule is CCc1nc2c(-c3ccc4sc5ccccc5c4c3)cc(-c3cc(-c4ccccc4)cc(-c4ccccc4)c3)cc2o1. The third kappa shape index (κ3) is 4.30.